The van der Waals surface area contributed by atoms with Crippen molar-refractivity contribution < 1.29 is 4.74 Å². The Bertz CT molecular complexity index is 1680. The van der Waals surface area contributed by atoms with Crippen molar-refractivity contribution in [2.45, 2.75) is 38.5 Å². The third-order valence-corrected chi connectivity index (χ3v) is 9.04. The topological polar surface area (TPSA) is 12.5 Å². The maximum atomic E-state index is 6.82. The fourth-order valence-corrected chi connectivity index (χ4v) is 7.05. The Morgan fingerprint density at radius 2 is 0.921 bits per heavy atom. The summed E-state index contributed by atoms with van der Waals surface area (Å²) < 4.78 is 6.82. The smallest absolute Gasteiger partial charge is 0.151 e. The molecule has 0 atom stereocenters. The van der Waals surface area contributed by atoms with E-state index in [1.165, 1.54) is 44.5 Å². The average molecular weight is 492 g/mol. The molecule has 2 aliphatic carbocycles. The van der Waals surface area contributed by atoms with E-state index in [1.54, 1.807) is 0 Å². The number of fused-ring (bicyclic) bond motifs is 8. The summed E-state index contributed by atoms with van der Waals surface area (Å²) in [7, 11) is 0. The third kappa shape index (κ3) is 2.67. The molecule has 0 aromatic heterocycles. The molecule has 0 spiro atoms. The van der Waals surface area contributed by atoms with Gasteiger partial charge in [-0.1, -0.05) is 94.4 Å². The van der Waals surface area contributed by atoms with E-state index >= 15 is 0 Å². The molecule has 0 amide bonds. The molecule has 8 rings (SSSR count). The van der Waals surface area contributed by atoms with Crippen LogP contribution >= 0.6 is 0 Å². The van der Waals surface area contributed by atoms with Crippen LogP contribution in [0.2, 0.25) is 0 Å². The monoisotopic (exact) mass is 491 g/mol. The number of ether oxygens (including phenoxy) is 1. The first-order chi connectivity index (χ1) is 18.4. The molecule has 0 bridgehead atoms. The summed E-state index contributed by atoms with van der Waals surface area (Å²) in [5, 5.41) is 0. The lowest BCUT2D eigenvalue weighted by Crippen LogP contribution is -2.19. The lowest BCUT2D eigenvalue weighted by atomic mass is 9.82. The molecule has 1 heterocycles. The van der Waals surface area contributed by atoms with Crippen molar-refractivity contribution in [3.05, 3.63) is 125 Å². The minimum atomic E-state index is -0.0796. The van der Waals surface area contributed by atoms with Crippen molar-refractivity contribution in [2.24, 2.45) is 0 Å². The Labute approximate surface area is 224 Å². The molecular formula is C36H29NO. The lowest BCUT2D eigenvalue weighted by molar-refractivity contribution is 0.473. The van der Waals surface area contributed by atoms with E-state index < -0.39 is 0 Å². The largest absolute Gasteiger partial charge is 0.453 e. The number of benzene rings is 5. The molecule has 5 aromatic carbocycles. The summed E-state index contributed by atoms with van der Waals surface area (Å²) in [6, 6.07) is 37.6. The first-order valence-corrected chi connectivity index (χ1v) is 13.5. The molecule has 38 heavy (non-hydrogen) atoms. The number of para-hydroxylation sites is 1. The Morgan fingerprint density at radius 3 is 1.42 bits per heavy atom. The van der Waals surface area contributed by atoms with Gasteiger partial charge in [0.15, 0.2) is 11.5 Å². The summed E-state index contributed by atoms with van der Waals surface area (Å²) >= 11 is 0. The first-order valence-electron chi connectivity index (χ1n) is 13.5. The molecule has 0 fully saturated rings. The van der Waals surface area contributed by atoms with Crippen molar-refractivity contribution in [1.29, 1.82) is 0 Å². The van der Waals surface area contributed by atoms with Gasteiger partial charge >= 0.3 is 0 Å². The van der Waals surface area contributed by atoms with Gasteiger partial charge in [-0.3, -0.25) is 0 Å². The second kappa shape index (κ2) is 7.17. The van der Waals surface area contributed by atoms with Gasteiger partial charge in [0.25, 0.3) is 0 Å². The summed E-state index contributed by atoms with van der Waals surface area (Å²) in [6.45, 7) is 9.29. The Balaban J connectivity index is 1.41. The van der Waals surface area contributed by atoms with E-state index in [9.17, 15) is 0 Å². The highest BCUT2D eigenvalue weighted by atomic mass is 16.5. The molecule has 3 aliphatic rings. The highest BCUT2D eigenvalue weighted by Gasteiger charge is 2.41. The highest BCUT2D eigenvalue weighted by molar-refractivity contribution is 5.95. The van der Waals surface area contributed by atoms with E-state index in [1.807, 2.05) is 0 Å². The molecule has 2 heteroatoms. The molecule has 2 nitrogen and oxygen atoms in total. The minimum Gasteiger partial charge on any atom is -0.453 e. The van der Waals surface area contributed by atoms with Gasteiger partial charge in [-0.15, -0.1) is 0 Å². The lowest BCUT2D eigenvalue weighted by Gasteiger charge is -2.35. The molecular weight excluding hydrogens is 462 g/mol. The standard InChI is InChI=1S/C36H29NO/c1-35(2)27-16-10-8-14-23(27)25-18-31-33(20-29(25)35)38-34-21-30-26(24-15-9-11-17-28(24)36(30,3)4)19-32(34)37(31)22-12-6-5-7-13-22/h5-21H,1-4H3. The van der Waals surface area contributed by atoms with Crippen LogP contribution in [0.15, 0.2) is 103 Å². The molecule has 0 N–H and O–H groups in total. The fourth-order valence-electron chi connectivity index (χ4n) is 7.05. The Morgan fingerprint density at radius 1 is 0.474 bits per heavy atom. The van der Waals surface area contributed by atoms with Crippen LogP contribution in [-0.4, -0.2) is 0 Å². The van der Waals surface area contributed by atoms with Crippen molar-refractivity contribution >= 4 is 17.1 Å². The maximum absolute atomic E-state index is 6.82. The van der Waals surface area contributed by atoms with Crippen LogP contribution in [0.1, 0.15) is 49.9 Å². The van der Waals surface area contributed by atoms with Gasteiger partial charge in [0.05, 0.1) is 11.4 Å². The van der Waals surface area contributed by atoms with Gasteiger partial charge in [0.1, 0.15) is 0 Å². The molecule has 0 unspecified atom stereocenters. The summed E-state index contributed by atoms with van der Waals surface area (Å²) in [6.07, 6.45) is 0. The Kier molecular flexibility index (Phi) is 4.10. The average Bonchev–Trinajstić information content (AvgIpc) is 3.29. The van der Waals surface area contributed by atoms with Crippen molar-refractivity contribution in [1.82, 2.24) is 0 Å². The van der Waals surface area contributed by atoms with Gasteiger partial charge in [0.2, 0.25) is 0 Å². The fraction of sp³-hybridized carbons (Fsp3) is 0.167. The van der Waals surface area contributed by atoms with E-state index in [0.717, 1.165) is 28.6 Å². The highest BCUT2D eigenvalue weighted by Crippen LogP contribution is 2.59. The summed E-state index contributed by atoms with van der Waals surface area (Å²) in [5.74, 6) is 1.82. The van der Waals surface area contributed by atoms with Crippen LogP contribution in [0.5, 0.6) is 11.5 Å². The van der Waals surface area contributed by atoms with Gasteiger partial charge in [-0.2, -0.15) is 0 Å². The summed E-state index contributed by atoms with van der Waals surface area (Å²) in [4.78, 5) is 2.39. The zero-order chi connectivity index (χ0) is 25.8. The number of hydrogen-bond donors (Lipinski definition) is 0. The molecule has 184 valence electrons. The summed E-state index contributed by atoms with van der Waals surface area (Å²) in [5.41, 5.74) is 13.8. The maximum Gasteiger partial charge on any atom is 0.151 e. The zero-order valence-corrected chi connectivity index (χ0v) is 22.2. The minimum absolute atomic E-state index is 0.0796. The second-order valence-corrected chi connectivity index (χ2v) is 11.8. The SMILES string of the molecule is CC1(C)c2ccccc2-c2cc3c(cc21)Oc1cc2c(cc1N3c1ccccc1)-c1ccccc1C2(C)C. The van der Waals surface area contributed by atoms with Crippen LogP contribution in [0, 0.1) is 0 Å². The van der Waals surface area contributed by atoms with Crippen LogP contribution in [0.25, 0.3) is 22.3 Å². The predicted octanol–water partition coefficient (Wildman–Crippen LogP) is 9.87. The van der Waals surface area contributed by atoms with Crippen LogP contribution in [0.3, 0.4) is 0 Å². The van der Waals surface area contributed by atoms with E-state index in [4.69, 9.17) is 4.74 Å². The molecule has 0 saturated carbocycles. The quantitative estimate of drug-likeness (QED) is 0.227. The zero-order valence-electron chi connectivity index (χ0n) is 22.2. The van der Waals surface area contributed by atoms with E-state index in [-0.39, 0.29) is 10.8 Å². The normalized spacial score (nSPS) is 16.5. The van der Waals surface area contributed by atoms with Gasteiger partial charge in [0, 0.05) is 16.5 Å². The van der Waals surface area contributed by atoms with Crippen molar-refractivity contribution in [3.63, 3.8) is 0 Å². The van der Waals surface area contributed by atoms with E-state index in [0.29, 0.717) is 0 Å². The van der Waals surface area contributed by atoms with Crippen molar-refractivity contribution in [3.8, 4) is 33.8 Å². The third-order valence-electron chi connectivity index (χ3n) is 9.04. The van der Waals surface area contributed by atoms with Crippen LogP contribution in [0.4, 0.5) is 17.1 Å². The molecule has 0 saturated heterocycles. The van der Waals surface area contributed by atoms with E-state index in [2.05, 4.69) is 136 Å². The van der Waals surface area contributed by atoms with Crippen LogP contribution < -0.4 is 9.64 Å². The van der Waals surface area contributed by atoms with Crippen LogP contribution in [-0.2, 0) is 10.8 Å². The van der Waals surface area contributed by atoms with Gasteiger partial charge in [-0.25, -0.2) is 0 Å². The second-order valence-electron chi connectivity index (χ2n) is 11.8. The molecule has 5 aromatic rings. The van der Waals surface area contributed by atoms with Gasteiger partial charge in [-0.05, 0) is 80.9 Å². The first kappa shape index (κ1) is 21.8. The Hall–Kier alpha value is -4.30. The number of hydrogen-bond acceptors (Lipinski definition) is 2. The van der Waals surface area contributed by atoms with Gasteiger partial charge < -0.3 is 9.64 Å². The van der Waals surface area contributed by atoms with Crippen molar-refractivity contribution in [2.75, 3.05) is 4.90 Å². The predicted molar refractivity (Wildman–Crippen MR) is 156 cm³/mol. The number of nitrogens with zero attached hydrogens (tertiary/aromatic N) is 1. The molecule has 0 radical (unpaired) electrons. The number of anilines is 3. The molecule has 1 aliphatic heterocycles. The number of rotatable bonds is 1.